The zero-order valence-corrected chi connectivity index (χ0v) is 7.14. The third kappa shape index (κ3) is 1.35. The lowest BCUT2D eigenvalue weighted by Crippen LogP contribution is -2.20. The third-order valence-electron chi connectivity index (χ3n) is 1.53. The predicted octanol–water partition coefficient (Wildman–Crippen LogP) is -0.231. The van der Waals surface area contributed by atoms with Crippen LogP contribution in [-0.4, -0.2) is 16.7 Å². The first-order valence-corrected chi connectivity index (χ1v) is 3.35. The summed E-state index contributed by atoms with van der Waals surface area (Å²) >= 11 is 0. The average Bonchev–Trinajstić information content (AvgIpc) is 2.12. The highest BCUT2D eigenvalue weighted by Gasteiger charge is 2.12. The van der Waals surface area contributed by atoms with Gasteiger partial charge >= 0.3 is 6.01 Å². The van der Waals surface area contributed by atoms with Gasteiger partial charge in [-0.1, -0.05) is 0 Å². The van der Waals surface area contributed by atoms with Crippen LogP contribution >= 0.6 is 0 Å². The van der Waals surface area contributed by atoms with E-state index in [1.807, 2.05) is 0 Å². The summed E-state index contributed by atoms with van der Waals surface area (Å²) in [5.41, 5.74) is 4.25. The van der Waals surface area contributed by atoms with Crippen LogP contribution in [0.25, 0.3) is 0 Å². The topological polar surface area (TPSA) is 99.6 Å². The van der Waals surface area contributed by atoms with E-state index in [-0.39, 0.29) is 11.8 Å². The molecule has 0 atom stereocenters. The number of nitrogens with zero attached hydrogens (tertiary/aromatic N) is 3. The molecule has 1 aromatic rings. The fraction of sp³-hybridized carbons (Fsp3) is 0.333. The molecule has 0 aliphatic rings. The molecule has 0 radical (unpaired) electrons. The molecule has 0 saturated heterocycles. The van der Waals surface area contributed by atoms with Gasteiger partial charge in [0.2, 0.25) is 5.69 Å². The number of ether oxygens (including phenoxy) is 1. The molecule has 2 N–H and O–H groups in total. The minimum absolute atomic E-state index is 0.0369. The van der Waals surface area contributed by atoms with Crippen molar-refractivity contribution in [2.24, 2.45) is 12.2 Å². The molecule has 13 heavy (non-hydrogen) atoms. The Balaban J connectivity index is 3.55. The number of aromatic nitrogens is 2. The lowest BCUT2D eigenvalue weighted by molar-refractivity contribution is 0.358. The van der Waals surface area contributed by atoms with Crippen molar-refractivity contribution >= 4 is 11.5 Å². The van der Waals surface area contributed by atoms with Crippen molar-refractivity contribution in [3.63, 3.8) is 0 Å². The molecule has 0 aliphatic heterocycles. The highest BCUT2D eigenvalue weighted by atomic mass is 16.5. The fourth-order valence-electron chi connectivity index (χ4n) is 0.855. The summed E-state index contributed by atoms with van der Waals surface area (Å²) in [6, 6.07) is 0.0369. The summed E-state index contributed by atoms with van der Waals surface area (Å²) in [5, 5.41) is 2.48. The van der Waals surface area contributed by atoms with Crippen LogP contribution in [0.2, 0.25) is 0 Å². The number of methoxy groups -OCH3 is 1. The monoisotopic (exact) mass is 184 g/mol. The van der Waals surface area contributed by atoms with Crippen LogP contribution in [0.4, 0.5) is 11.5 Å². The van der Waals surface area contributed by atoms with Gasteiger partial charge in [0, 0.05) is 7.05 Å². The molecule has 7 nitrogen and oxygen atoms in total. The van der Waals surface area contributed by atoms with E-state index in [1.165, 1.54) is 14.2 Å². The molecule has 70 valence electrons. The van der Waals surface area contributed by atoms with Crippen molar-refractivity contribution in [2.45, 2.75) is 0 Å². The quantitative estimate of drug-likeness (QED) is 0.640. The summed E-state index contributed by atoms with van der Waals surface area (Å²) in [5.74, 6) is -0.227. The normalized spacial score (nSPS) is 9.69. The van der Waals surface area contributed by atoms with Gasteiger partial charge in [-0.15, -0.1) is 4.91 Å². The van der Waals surface area contributed by atoms with E-state index >= 15 is 0 Å². The molecule has 1 aromatic heterocycles. The van der Waals surface area contributed by atoms with Crippen LogP contribution in [-0.2, 0) is 7.05 Å². The van der Waals surface area contributed by atoms with E-state index in [9.17, 15) is 9.70 Å². The summed E-state index contributed by atoms with van der Waals surface area (Å²) < 4.78 is 5.78. The van der Waals surface area contributed by atoms with Gasteiger partial charge in [0.05, 0.1) is 7.11 Å². The van der Waals surface area contributed by atoms with E-state index in [1.54, 1.807) is 0 Å². The first kappa shape index (κ1) is 9.17. The number of rotatable bonds is 2. The Labute approximate surface area is 73.1 Å². The number of hydrogen-bond donors (Lipinski definition) is 1. The van der Waals surface area contributed by atoms with Crippen molar-refractivity contribution in [1.29, 1.82) is 0 Å². The van der Waals surface area contributed by atoms with E-state index in [0.29, 0.717) is 0 Å². The van der Waals surface area contributed by atoms with Crippen LogP contribution in [0.3, 0.4) is 0 Å². The van der Waals surface area contributed by atoms with Gasteiger partial charge < -0.3 is 10.5 Å². The van der Waals surface area contributed by atoms with Crippen molar-refractivity contribution in [3.8, 4) is 6.01 Å². The molecule has 0 saturated carbocycles. The van der Waals surface area contributed by atoms with Gasteiger partial charge in [-0.2, -0.15) is 4.98 Å². The second-order valence-corrected chi connectivity index (χ2v) is 2.29. The SMILES string of the molecule is COc1nc(N)c(N=O)c(=O)n1C. The second-order valence-electron chi connectivity index (χ2n) is 2.29. The minimum Gasteiger partial charge on any atom is -0.468 e. The van der Waals surface area contributed by atoms with Crippen LogP contribution in [0.5, 0.6) is 6.01 Å². The molecule has 0 spiro atoms. The number of nitroso groups, excluding NO2 is 1. The number of nitrogen functional groups attached to an aromatic ring is 1. The smallest absolute Gasteiger partial charge is 0.300 e. The second kappa shape index (κ2) is 3.21. The van der Waals surface area contributed by atoms with Gasteiger partial charge in [-0.3, -0.25) is 9.36 Å². The molecule has 1 heterocycles. The van der Waals surface area contributed by atoms with Gasteiger partial charge in [-0.25, -0.2) is 0 Å². The highest BCUT2D eigenvalue weighted by molar-refractivity contribution is 5.55. The van der Waals surface area contributed by atoms with E-state index in [4.69, 9.17) is 10.5 Å². The van der Waals surface area contributed by atoms with Crippen LogP contribution in [0.1, 0.15) is 0 Å². The standard InChI is InChI=1S/C6H8N4O3/c1-10-5(11)3(9-12)4(7)8-6(10)13-2/h7H2,1-2H3. The Morgan fingerprint density at radius 2 is 2.23 bits per heavy atom. The maximum atomic E-state index is 11.3. The summed E-state index contributed by atoms with van der Waals surface area (Å²) in [6.45, 7) is 0. The van der Waals surface area contributed by atoms with Gasteiger partial charge in [0.15, 0.2) is 5.82 Å². The highest BCUT2D eigenvalue weighted by Crippen LogP contribution is 2.16. The third-order valence-corrected chi connectivity index (χ3v) is 1.53. The minimum atomic E-state index is -0.626. The Morgan fingerprint density at radius 3 is 2.69 bits per heavy atom. The number of anilines is 1. The predicted molar refractivity (Wildman–Crippen MR) is 45.9 cm³/mol. The number of hydrogen-bond acceptors (Lipinski definition) is 6. The molecule has 0 aliphatic carbocycles. The Bertz CT molecular complexity index is 398. The zero-order valence-electron chi connectivity index (χ0n) is 7.14. The molecule has 0 amide bonds. The van der Waals surface area contributed by atoms with Crippen LogP contribution in [0.15, 0.2) is 9.97 Å². The van der Waals surface area contributed by atoms with Gasteiger partial charge in [0.25, 0.3) is 5.56 Å². The summed E-state index contributed by atoms with van der Waals surface area (Å²) in [4.78, 5) is 25.1. The van der Waals surface area contributed by atoms with Gasteiger partial charge in [-0.05, 0) is 5.18 Å². The Kier molecular flexibility index (Phi) is 2.27. The molecular formula is C6H8N4O3. The first-order valence-electron chi connectivity index (χ1n) is 3.35. The maximum absolute atomic E-state index is 11.3. The zero-order chi connectivity index (χ0) is 10.0. The van der Waals surface area contributed by atoms with E-state index in [0.717, 1.165) is 4.57 Å². The lowest BCUT2D eigenvalue weighted by Gasteiger charge is -2.05. The molecule has 7 heteroatoms. The molecule has 0 bridgehead atoms. The molecule has 0 fully saturated rings. The van der Waals surface area contributed by atoms with Crippen LogP contribution in [0, 0.1) is 4.91 Å². The van der Waals surface area contributed by atoms with Crippen molar-refractivity contribution < 1.29 is 4.74 Å². The maximum Gasteiger partial charge on any atom is 0.300 e. The largest absolute Gasteiger partial charge is 0.468 e. The van der Waals surface area contributed by atoms with Crippen molar-refractivity contribution in [2.75, 3.05) is 12.8 Å². The molecular weight excluding hydrogens is 176 g/mol. The summed E-state index contributed by atoms with van der Waals surface area (Å²) in [7, 11) is 2.75. The Hall–Kier alpha value is -1.92. The molecule has 0 unspecified atom stereocenters. The van der Waals surface area contributed by atoms with E-state index in [2.05, 4.69) is 10.2 Å². The Morgan fingerprint density at radius 1 is 1.62 bits per heavy atom. The molecule has 1 rings (SSSR count). The first-order chi connectivity index (χ1) is 6.11. The summed E-state index contributed by atoms with van der Waals surface area (Å²) in [6.07, 6.45) is 0. The lowest BCUT2D eigenvalue weighted by atomic mass is 10.5. The molecule has 0 aromatic carbocycles. The van der Waals surface area contributed by atoms with Crippen molar-refractivity contribution in [1.82, 2.24) is 9.55 Å². The van der Waals surface area contributed by atoms with Gasteiger partial charge in [0.1, 0.15) is 0 Å². The van der Waals surface area contributed by atoms with Crippen LogP contribution < -0.4 is 16.0 Å². The number of nitrogens with two attached hydrogens (primary N) is 1. The van der Waals surface area contributed by atoms with E-state index < -0.39 is 11.2 Å². The van der Waals surface area contributed by atoms with Crippen molar-refractivity contribution in [3.05, 3.63) is 15.3 Å². The fourth-order valence-corrected chi connectivity index (χ4v) is 0.855. The average molecular weight is 184 g/mol.